The molecule has 4 heteroatoms. The smallest absolute Gasteiger partial charge is 0.357 e. The number of carbonyl (C=O) groups is 1. The molecule has 1 spiro atoms. The molecule has 1 saturated heterocycles. The Hall–Kier alpha value is -1.06. The van der Waals surface area contributed by atoms with Gasteiger partial charge in [-0.25, -0.2) is 4.79 Å². The van der Waals surface area contributed by atoms with E-state index in [4.69, 9.17) is 21.1 Å². The molecule has 1 aliphatic heterocycles. The van der Waals surface area contributed by atoms with E-state index in [1.807, 2.05) is 18.2 Å². The first-order valence-electron chi connectivity index (χ1n) is 6.45. The lowest BCUT2D eigenvalue weighted by Crippen LogP contribution is -2.36. The Bertz CT molecular complexity index is 554. The fraction of sp³-hybridized carbons (Fsp3) is 0.533. The Balaban J connectivity index is 2.11. The average Bonchev–Trinajstić information content (AvgIpc) is 3.02. The summed E-state index contributed by atoms with van der Waals surface area (Å²) in [7, 11) is 1.33. The zero-order chi connectivity index (χ0) is 13.9. The maximum atomic E-state index is 11.9. The van der Waals surface area contributed by atoms with E-state index in [0.717, 1.165) is 18.4 Å². The van der Waals surface area contributed by atoms with Crippen molar-refractivity contribution in [2.24, 2.45) is 0 Å². The van der Waals surface area contributed by atoms with Crippen LogP contribution in [-0.4, -0.2) is 18.1 Å². The van der Waals surface area contributed by atoms with Crippen LogP contribution in [0.1, 0.15) is 37.8 Å². The summed E-state index contributed by atoms with van der Waals surface area (Å²) >= 11 is 6.35. The molecule has 1 aromatic rings. The number of methoxy groups -OCH3 is 1. The SMILES string of the molecule is COC(=O)C1(Cl)OC12CCC(C)(C)c1ccccc12. The van der Waals surface area contributed by atoms with Crippen molar-refractivity contribution in [2.45, 2.75) is 42.8 Å². The van der Waals surface area contributed by atoms with Crippen LogP contribution in [0.3, 0.4) is 0 Å². The van der Waals surface area contributed by atoms with Crippen molar-refractivity contribution in [3.63, 3.8) is 0 Å². The molecule has 0 N–H and O–H groups in total. The van der Waals surface area contributed by atoms with E-state index in [0.29, 0.717) is 0 Å². The molecule has 0 saturated carbocycles. The van der Waals surface area contributed by atoms with Gasteiger partial charge in [-0.1, -0.05) is 49.7 Å². The first-order chi connectivity index (χ1) is 8.87. The van der Waals surface area contributed by atoms with E-state index in [1.54, 1.807) is 0 Å². The molecule has 2 aliphatic rings. The molecule has 0 amide bonds. The summed E-state index contributed by atoms with van der Waals surface area (Å²) in [6.45, 7) is 4.41. The highest BCUT2D eigenvalue weighted by molar-refractivity contribution is 6.36. The predicted molar refractivity (Wildman–Crippen MR) is 72.1 cm³/mol. The van der Waals surface area contributed by atoms with Gasteiger partial charge in [0.1, 0.15) is 0 Å². The number of alkyl halides is 1. The summed E-state index contributed by atoms with van der Waals surface area (Å²) in [6, 6.07) is 8.06. The second kappa shape index (κ2) is 3.74. The fourth-order valence-electron chi connectivity index (χ4n) is 3.18. The molecule has 2 atom stereocenters. The Morgan fingerprint density at radius 1 is 1.26 bits per heavy atom. The van der Waals surface area contributed by atoms with E-state index in [1.165, 1.54) is 12.7 Å². The lowest BCUT2D eigenvalue weighted by Gasteiger charge is -2.36. The van der Waals surface area contributed by atoms with Crippen molar-refractivity contribution in [2.75, 3.05) is 7.11 Å². The third kappa shape index (κ3) is 1.52. The highest BCUT2D eigenvalue weighted by Gasteiger charge is 2.77. The number of hydrogen-bond donors (Lipinski definition) is 0. The molecule has 102 valence electrons. The average molecular weight is 281 g/mol. The van der Waals surface area contributed by atoms with E-state index in [9.17, 15) is 4.79 Å². The number of fused-ring (bicyclic) bond motifs is 2. The summed E-state index contributed by atoms with van der Waals surface area (Å²) in [6.07, 6.45) is 1.66. The lowest BCUT2D eigenvalue weighted by molar-refractivity contribution is -0.143. The van der Waals surface area contributed by atoms with Crippen molar-refractivity contribution in [3.8, 4) is 0 Å². The number of benzene rings is 1. The van der Waals surface area contributed by atoms with Gasteiger partial charge in [0.25, 0.3) is 5.06 Å². The minimum atomic E-state index is -1.35. The van der Waals surface area contributed by atoms with Crippen LogP contribution in [0.5, 0.6) is 0 Å². The van der Waals surface area contributed by atoms with Gasteiger partial charge in [0.2, 0.25) is 0 Å². The normalized spacial score (nSPS) is 34.7. The Morgan fingerprint density at radius 3 is 2.53 bits per heavy atom. The summed E-state index contributed by atoms with van der Waals surface area (Å²) in [4.78, 5) is 11.9. The van der Waals surface area contributed by atoms with Crippen LogP contribution in [0.4, 0.5) is 0 Å². The van der Waals surface area contributed by atoms with Crippen LogP contribution < -0.4 is 0 Å². The summed E-state index contributed by atoms with van der Waals surface area (Å²) in [5, 5.41) is -1.35. The van der Waals surface area contributed by atoms with Gasteiger partial charge < -0.3 is 9.47 Å². The summed E-state index contributed by atoms with van der Waals surface area (Å²) < 4.78 is 10.5. The third-order valence-corrected chi connectivity index (χ3v) is 4.97. The number of epoxide rings is 1. The minimum absolute atomic E-state index is 0.0711. The van der Waals surface area contributed by atoms with E-state index in [2.05, 4.69) is 19.9 Å². The molecule has 1 heterocycles. The number of esters is 1. The molecule has 0 radical (unpaired) electrons. The molecule has 3 rings (SSSR count). The standard InChI is InChI=1S/C15H17ClO3/c1-13(2)8-9-14(11-7-5-4-6-10(11)13)15(16,19-14)12(17)18-3/h4-7H,8-9H2,1-3H3. The molecular weight excluding hydrogens is 264 g/mol. The van der Waals surface area contributed by atoms with E-state index in [-0.39, 0.29) is 5.41 Å². The second-order valence-corrected chi connectivity index (χ2v) is 6.48. The largest absolute Gasteiger partial charge is 0.466 e. The number of carbonyl (C=O) groups excluding carboxylic acids is 1. The van der Waals surface area contributed by atoms with Crippen LogP contribution in [-0.2, 0) is 25.3 Å². The van der Waals surface area contributed by atoms with Crippen LogP contribution in [0, 0.1) is 0 Å². The molecular formula is C15H17ClO3. The highest BCUT2D eigenvalue weighted by atomic mass is 35.5. The van der Waals surface area contributed by atoms with Crippen molar-refractivity contribution < 1.29 is 14.3 Å². The quantitative estimate of drug-likeness (QED) is 0.451. The fourth-order valence-corrected chi connectivity index (χ4v) is 3.58. The first kappa shape index (κ1) is 12.9. The van der Waals surface area contributed by atoms with Crippen molar-refractivity contribution in [3.05, 3.63) is 35.4 Å². The zero-order valence-corrected chi connectivity index (χ0v) is 12.1. The Kier molecular flexibility index (Phi) is 2.55. The maximum Gasteiger partial charge on any atom is 0.357 e. The number of halogens is 1. The number of ether oxygens (including phenoxy) is 2. The molecule has 0 aromatic heterocycles. The van der Waals surface area contributed by atoms with Crippen LogP contribution in [0.15, 0.2) is 24.3 Å². The van der Waals surface area contributed by atoms with Gasteiger partial charge in [0, 0.05) is 0 Å². The molecule has 1 fully saturated rings. The molecule has 1 aliphatic carbocycles. The Morgan fingerprint density at radius 2 is 1.89 bits per heavy atom. The Labute approximate surface area is 117 Å². The van der Waals surface area contributed by atoms with Gasteiger partial charge in [-0.15, -0.1) is 0 Å². The topological polar surface area (TPSA) is 38.8 Å². The van der Waals surface area contributed by atoms with Crippen LogP contribution >= 0.6 is 11.6 Å². The van der Waals surface area contributed by atoms with Gasteiger partial charge in [0.05, 0.1) is 7.11 Å². The highest BCUT2D eigenvalue weighted by Crippen LogP contribution is 2.66. The van der Waals surface area contributed by atoms with Crippen molar-refractivity contribution in [1.29, 1.82) is 0 Å². The van der Waals surface area contributed by atoms with Gasteiger partial charge in [-0.3, -0.25) is 0 Å². The third-order valence-electron chi connectivity index (χ3n) is 4.43. The molecule has 19 heavy (non-hydrogen) atoms. The number of hydrogen-bond acceptors (Lipinski definition) is 3. The van der Waals surface area contributed by atoms with Gasteiger partial charge in [-0.2, -0.15) is 0 Å². The van der Waals surface area contributed by atoms with Crippen LogP contribution in [0.2, 0.25) is 0 Å². The van der Waals surface area contributed by atoms with E-state index < -0.39 is 16.6 Å². The van der Waals surface area contributed by atoms with Gasteiger partial charge in [-0.05, 0) is 29.4 Å². The first-order valence-corrected chi connectivity index (χ1v) is 6.83. The maximum absolute atomic E-state index is 11.9. The molecule has 3 nitrogen and oxygen atoms in total. The number of rotatable bonds is 1. The monoisotopic (exact) mass is 280 g/mol. The zero-order valence-electron chi connectivity index (χ0n) is 11.3. The lowest BCUT2D eigenvalue weighted by atomic mass is 9.67. The van der Waals surface area contributed by atoms with Crippen LogP contribution in [0.25, 0.3) is 0 Å². The minimum Gasteiger partial charge on any atom is -0.466 e. The van der Waals surface area contributed by atoms with Crippen molar-refractivity contribution >= 4 is 17.6 Å². The molecule has 2 unspecified atom stereocenters. The van der Waals surface area contributed by atoms with Crippen molar-refractivity contribution in [1.82, 2.24) is 0 Å². The van der Waals surface area contributed by atoms with Gasteiger partial charge >= 0.3 is 5.97 Å². The second-order valence-electron chi connectivity index (χ2n) is 5.95. The van der Waals surface area contributed by atoms with E-state index >= 15 is 0 Å². The molecule has 1 aromatic carbocycles. The summed E-state index contributed by atoms with van der Waals surface area (Å²) in [5.41, 5.74) is 1.58. The van der Waals surface area contributed by atoms with Gasteiger partial charge in [0.15, 0.2) is 5.60 Å². The molecule has 0 bridgehead atoms. The summed E-state index contributed by atoms with van der Waals surface area (Å²) in [5.74, 6) is -0.510. The predicted octanol–water partition coefficient (Wildman–Crippen LogP) is 3.09.